The molecule has 2 aliphatic carbocycles. The Labute approximate surface area is 189 Å². The van der Waals surface area contributed by atoms with Gasteiger partial charge in [-0.15, -0.1) is 0 Å². The van der Waals surface area contributed by atoms with Gasteiger partial charge in [0, 0.05) is 23.7 Å². The zero-order valence-corrected chi connectivity index (χ0v) is 18.4. The molecule has 32 heavy (non-hydrogen) atoms. The number of benzene rings is 1. The Morgan fingerprint density at radius 2 is 1.84 bits per heavy atom. The molecule has 168 valence electrons. The van der Waals surface area contributed by atoms with Crippen LogP contribution < -0.4 is 15.5 Å². The molecule has 6 nitrogen and oxygen atoms in total. The van der Waals surface area contributed by atoms with Crippen molar-refractivity contribution in [2.45, 2.75) is 69.9 Å². The molecule has 1 aromatic carbocycles. The largest absolute Gasteiger partial charge is 0.467 e. The Hall–Kier alpha value is -3.02. The smallest absolute Gasteiger partial charge is 0.239 e. The number of nitrogens with zero attached hydrogens (tertiary/aromatic N) is 1. The third-order valence-electron chi connectivity index (χ3n) is 6.89. The highest BCUT2D eigenvalue weighted by Gasteiger charge is 2.39. The van der Waals surface area contributed by atoms with Crippen LogP contribution in [0.4, 0.5) is 11.4 Å². The molecule has 0 bridgehead atoms. The normalized spacial score (nSPS) is 21.8. The molecule has 0 unspecified atom stereocenters. The fourth-order valence-corrected chi connectivity index (χ4v) is 5.37. The number of hydrogen-bond donors (Lipinski definition) is 2. The van der Waals surface area contributed by atoms with Crippen LogP contribution in [0.1, 0.15) is 69.6 Å². The molecule has 1 aromatic heterocycles. The predicted molar refractivity (Wildman–Crippen MR) is 124 cm³/mol. The average Bonchev–Trinajstić information content (AvgIpc) is 3.13. The molecule has 2 heterocycles. The molecule has 1 fully saturated rings. The van der Waals surface area contributed by atoms with E-state index in [0.717, 1.165) is 48.3 Å². The summed E-state index contributed by atoms with van der Waals surface area (Å²) in [4.78, 5) is 28.5. The quantitative estimate of drug-likeness (QED) is 0.656. The van der Waals surface area contributed by atoms with E-state index in [-0.39, 0.29) is 24.3 Å². The second-order valence-electron chi connectivity index (χ2n) is 9.11. The maximum Gasteiger partial charge on any atom is 0.239 e. The number of hydrogen-bond acceptors (Lipinski definition) is 5. The van der Waals surface area contributed by atoms with Crippen LogP contribution in [0, 0.1) is 0 Å². The molecule has 2 aromatic rings. The number of allylic oxidation sites excluding steroid dienone is 1. The second kappa shape index (κ2) is 9.23. The molecule has 0 radical (unpaired) electrons. The van der Waals surface area contributed by atoms with E-state index in [9.17, 15) is 9.59 Å². The summed E-state index contributed by atoms with van der Waals surface area (Å²) in [6.07, 6.45) is 10.7. The van der Waals surface area contributed by atoms with Gasteiger partial charge in [-0.3, -0.25) is 9.59 Å². The summed E-state index contributed by atoms with van der Waals surface area (Å²) in [5.41, 5.74) is 3.50. The summed E-state index contributed by atoms with van der Waals surface area (Å²) in [5.74, 6) is 0.811. The number of Topliss-reactive ketones (excluding diaryl/α,β-unsaturated/α-hetero) is 1. The molecule has 3 aliphatic rings. The Balaban J connectivity index is 1.52. The number of furan rings is 1. The first kappa shape index (κ1) is 20.9. The maximum absolute atomic E-state index is 13.3. The van der Waals surface area contributed by atoms with Crippen LogP contribution in [0.15, 0.2) is 58.3 Å². The molecule has 1 saturated carbocycles. The zero-order valence-electron chi connectivity index (χ0n) is 18.4. The number of carbonyl (C=O) groups excluding carboxylic acids is 2. The number of rotatable bonds is 4. The van der Waals surface area contributed by atoms with Gasteiger partial charge in [-0.1, -0.05) is 37.8 Å². The molecule has 1 aliphatic heterocycles. The van der Waals surface area contributed by atoms with Gasteiger partial charge in [-0.2, -0.15) is 0 Å². The van der Waals surface area contributed by atoms with Gasteiger partial charge < -0.3 is 20.0 Å². The standard InChI is InChI=1S/C26H31N3O3/c30-22-14-7-12-20-25(22)26(23-15-8-16-32-23)29(21-13-6-5-11-19(21)28-20)17-24(31)27-18-9-3-1-2-4-10-18/h5-6,8,11,13,15-16,18,26,28H,1-4,7,9-10,12,14,17H2,(H,27,31)/t26-/m1/s1. The van der Waals surface area contributed by atoms with Crippen molar-refractivity contribution in [1.29, 1.82) is 0 Å². The lowest BCUT2D eigenvalue weighted by atomic mass is 9.88. The minimum absolute atomic E-state index is 0.00410. The molecule has 1 atom stereocenters. The first-order valence-corrected chi connectivity index (χ1v) is 11.9. The summed E-state index contributed by atoms with van der Waals surface area (Å²) >= 11 is 0. The fraction of sp³-hybridized carbons (Fsp3) is 0.462. The van der Waals surface area contributed by atoms with E-state index in [1.807, 2.05) is 41.3 Å². The van der Waals surface area contributed by atoms with Gasteiger partial charge in [0.05, 0.1) is 24.2 Å². The number of amides is 1. The van der Waals surface area contributed by atoms with Crippen molar-refractivity contribution in [2.24, 2.45) is 0 Å². The zero-order chi connectivity index (χ0) is 21.9. The van der Waals surface area contributed by atoms with Gasteiger partial charge >= 0.3 is 0 Å². The van der Waals surface area contributed by atoms with E-state index in [4.69, 9.17) is 4.42 Å². The number of carbonyl (C=O) groups is 2. The third kappa shape index (κ3) is 4.18. The van der Waals surface area contributed by atoms with E-state index >= 15 is 0 Å². The lowest BCUT2D eigenvalue weighted by Gasteiger charge is -2.33. The highest BCUT2D eigenvalue weighted by molar-refractivity contribution is 6.01. The van der Waals surface area contributed by atoms with Crippen LogP contribution in [0.2, 0.25) is 0 Å². The van der Waals surface area contributed by atoms with Crippen molar-refractivity contribution in [3.63, 3.8) is 0 Å². The Morgan fingerprint density at radius 3 is 2.62 bits per heavy atom. The lowest BCUT2D eigenvalue weighted by molar-refractivity contribution is -0.121. The van der Waals surface area contributed by atoms with E-state index in [1.54, 1.807) is 6.26 Å². The monoisotopic (exact) mass is 433 g/mol. The summed E-state index contributed by atoms with van der Waals surface area (Å²) < 4.78 is 5.83. The first-order chi connectivity index (χ1) is 15.7. The molecule has 2 N–H and O–H groups in total. The number of fused-ring (bicyclic) bond motifs is 1. The topological polar surface area (TPSA) is 74.6 Å². The number of ketones is 1. The van der Waals surface area contributed by atoms with Crippen LogP contribution in [0.25, 0.3) is 0 Å². The maximum atomic E-state index is 13.3. The molecular weight excluding hydrogens is 402 g/mol. The average molecular weight is 434 g/mol. The Morgan fingerprint density at radius 1 is 1.03 bits per heavy atom. The van der Waals surface area contributed by atoms with Crippen molar-refractivity contribution in [2.75, 3.05) is 16.8 Å². The van der Waals surface area contributed by atoms with Crippen LogP contribution in [-0.4, -0.2) is 24.3 Å². The molecule has 1 amide bonds. The summed E-state index contributed by atoms with van der Waals surface area (Å²) in [7, 11) is 0. The van der Waals surface area contributed by atoms with Gasteiger partial charge in [0.1, 0.15) is 11.8 Å². The van der Waals surface area contributed by atoms with Crippen LogP contribution >= 0.6 is 0 Å². The Kier molecular flexibility index (Phi) is 6.02. The highest BCUT2D eigenvalue weighted by atomic mass is 16.3. The lowest BCUT2D eigenvalue weighted by Crippen LogP contribution is -2.44. The fourth-order valence-electron chi connectivity index (χ4n) is 5.37. The molecule has 0 spiro atoms. The molecule has 6 heteroatoms. The Bertz CT molecular complexity index is 1000. The van der Waals surface area contributed by atoms with Gasteiger partial charge in [0.2, 0.25) is 5.91 Å². The van der Waals surface area contributed by atoms with E-state index < -0.39 is 6.04 Å². The highest BCUT2D eigenvalue weighted by Crippen LogP contribution is 2.44. The minimum atomic E-state index is -0.427. The second-order valence-corrected chi connectivity index (χ2v) is 9.11. The van der Waals surface area contributed by atoms with Gasteiger partial charge in [0.25, 0.3) is 0 Å². The molecule has 5 rings (SSSR count). The number of para-hydroxylation sites is 2. The van der Waals surface area contributed by atoms with E-state index in [0.29, 0.717) is 12.2 Å². The first-order valence-electron chi connectivity index (χ1n) is 11.9. The van der Waals surface area contributed by atoms with E-state index in [2.05, 4.69) is 10.6 Å². The minimum Gasteiger partial charge on any atom is -0.467 e. The summed E-state index contributed by atoms with van der Waals surface area (Å²) in [5, 5.41) is 6.79. The van der Waals surface area contributed by atoms with Gasteiger partial charge in [0.15, 0.2) is 5.78 Å². The van der Waals surface area contributed by atoms with Crippen LogP contribution in [0.5, 0.6) is 0 Å². The van der Waals surface area contributed by atoms with Crippen molar-refractivity contribution in [3.05, 3.63) is 59.7 Å². The summed E-state index contributed by atoms with van der Waals surface area (Å²) in [6.45, 7) is 0.171. The van der Waals surface area contributed by atoms with Crippen LogP contribution in [-0.2, 0) is 9.59 Å². The third-order valence-corrected chi connectivity index (χ3v) is 6.89. The van der Waals surface area contributed by atoms with Gasteiger partial charge in [-0.25, -0.2) is 0 Å². The molecule has 0 saturated heterocycles. The molecular formula is C26H31N3O3. The number of anilines is 2. The predicted octanol–water partition coefficient (Wildman–Crippen LogP) is 5.10. The van der Waals surface area contributed by atoms with Crippen molar-refractivity contribution >= 4 is 23.1 Å². The summed E-state index contributed by atoms with van der Waals surface area (Å²) in [6, 6.07) is 11.5. The SMILES string of the molecule is O=C(CN1c2ccccc2NC2=C(C(=O)CCC2)[C@H]1c1ccco1)NC1CCCCCC1. The van der Waals surface area contributed by atoms with E-state index in [1.165, 1.54) is 25.7 Å². The van der Waals surface area contributed by atoms with Crippen LogP contribution in [0.3, 0.4) is 0 Å². The van der Waals surface area contributed by atoms with Crippen molar-refractivity contribution in [1.82, 2.24) is 5.32 Å². The number of nitrogens with one attached hydrogen (secondary N) is 2. The van der Waals surface area contributed by atoms with Gasteiger partial charge in [-0.05, 0) is 49.9 Å². The van der Waals surface area contributed by atoms with Crippen molar-refractivity contribution in [3.8, 4) is 0 Å². The van der Waals surface area contributed by atoms with Crippen molar-refractivity contribution < 1.29 is 14.0 Å².